The maximum Gasteiger partial charge on any atom is 0.303 e. The number of nitrogens with one attached hydrogen (secondary N) is 2. The zero-order valence-electron chi connectivity index (χ0n) is 18.6. The second kappa shape index (κ2) is 15.3. The number of methoxy groups -OCH3 is 1. The summed E-state index contributed by atoms with van der Waals surface area (Å²) in [6.07, 6.45) is 8.01. The smallest absolute Gasteiger partial charge is 0.303 e. The summed E-state index contributed by atoms with van der Waals surface area (Å²) < 4.78 is 5.24. The van der Waals surface area contributed by atoms with Crippen LogP contribution in [0.3, 0.4) is 0 Å². The van der Waals surface area contributed by atoms with E-state index in [1.807, 2.05) is 24.4 Å². The molecule has 1 aromatic carbocycles. The lowest BCUT2D eigenvalue weighted by Gasteiger charge is -2.00. The zero-order chi connectivity index (χ0) is 23.8. The number of hydrogen-bond donors (Lipinski definition) is 5. The van der Waals surface area contributed by atoms with Crippen molar-refractivity contribution in [3.05, 3.63) is 30.0 Å². The molecule has 1 heterocycles. The SMILES string of the molecule is CCCCCN=C(N)N/N=C\c1c[nH]c2ccc(OC)cc12.O=C(O)CCCCC(=O)O. The van der Waals surface area contributed by atoms with Gasteiger partial charge in [-0.05, 0) is 37.5 Å². The molecule has 0 aliphatic rings. The number of guanidine groups is 1. The number of carboxylic acids is 2. The number of nitrogens with two attached hydrogens (primary N) is 1. The van der Waals surface area contributed by atoms with E-state index in [2.05, 4.69) is 27.4 Å². The second-order valence-corrected chi connectivity index (χ2v) is 6.99. The number of rotatable bonds is 12. The molecule has 32 heavy (non-hydrogen) atoms. The van der Waals surface area contributed by atoms with Gasteiger partial charge in [-0.15, -0.1) is 0 Å². The van der Waals surface area contributed by atoms with Crippen LogP contribution >= 0.6 is 0 Å². The molecule has 1 aromatic heterocycles. The third-order valence-electron chi connectivity index (χ3n) is 4.38. The Morgan fingerprint density at radius 3 is 2.44 bits per heavy atom. The highest BCUT2D eigenvalue weighted by Crippen LogP contribution is 2.22. The van der Waals surface area contributed by atoms with Crippen LogP contribution in [0.15, 0.2) is 34.5 Å². The highest BCUT2D eigenvalue weighted by atomic mass is 16.5. The fourth-order valence-electron chi connectivity index (χ4n) is 2.67. The minimum atomic E-state index is -0.870. The Bertz CT molecular complexity index is 891. The number of aromatic nitrogens is 1. The standard InChI is InChI=1S/C16H23N5O.C6H10O4/c1-3-4-5-8-18-16(17)21-20-11-12-10-19-15-7-6-13(22-2)9-14(12)15;7-5(8)3-1-2-4-6(9)10/h6-7,9-11,19H,3-5,8H2,1-2H3,(H3,17,18,21);1-4H2,(H,7,8)(H,9,10)/b20-11-;. The number of hydrazone groups is 1. The average Bonchev–Trinajstić information content (AvgIpc) is 3.16. The van der Waals surface area contributed by atoms with Crippen LogP contribution in [0.5, 0.6) is 5.75 Å². The Balaban J connectivity index is 0.000000433. The molecule has 0 bridgehead atoms. The number of aliphatic carboxylic acids is 2. The second-order valence-electron chi connectivity index (χ2n) is 6.99. The largest absolute Gasteiger partial charge is 0.497 e. The molecule has 0 atom stereocenters. The normalized spacial score (nSPS) is 11.2. The fourth-order valence-corrected chi connectivity index (χ4v) is 2.67. The van der Waals surface area contributed by atoms with Crippen LogP contribution in [0, 0.1) is 0 Å². The Labute approximate surface area is 187 Å². The number of ether oxygens (including phenoxy) is 1. The Morgan fingerprint density at radius 2 is 1.84 bits per heavy atom. The van der Waals surface area contributed by atoms with Gasteiger partial charge >= 0.3 is 11.9 Å². The van der Waals surface area contributed by atoms with Gasteiger partial charge in [0.05, 0.1) is 13.3 Å². The molecule has 0 saturated carbocycles. The first-order valence-electron chi connectivity index (χ1n) is 10.5. The summed E-state index contributed by atoms with van der Waals surface area (Å²) in [4.78, 5) is 27.2. The third-order valence-corrected chi connectivity index (χ3v) is 4.38. The summed E-state index contributed by atoms with van der Waals surface area (Å²) in [5.74, 6) is -0.590. The average molecular weight is 448 g/mol. The molecule has 10 heteroatoms. The van der Waals surface area contributed by atoms with Gasteiger partial charge in [-0.1, -0.05) is 19.8 Å². The highest BCUT2D eigenvalue weighted by molar-refractivity contribution is 5.99. The van der Waals surface area contributed by atoms with Gasteiger partial charge in [0, 0.05) is 42.0 Å². The predicted octanol–water partition coefficient (Wildman–Crippen LogP) is 3.32. The topological polar surface area (TPSA) is 162 Å². The molecule has 2 aromatic rings. The van der Waals surface area contributed by atoms with E-state index in [4.69, 9.17) is 20.7 Å². The zero-order valence-corrected chi connectivity index (χ0v) is 18.6. The van der Waals surface area contributed by atoms with Crippen molar-refractivity contribution in [1.29, 1.82) is 0 Å². The number of benzene rings is 1. The number of carbonyl (C=O) groups is 2. The van der Waals surface area contributed by atoms with E-state index >= 15 is 0 Å². The molecule has 0 saturated heterocycles. The molecule has 0 aliphatic heterocycles. The van der Waals surface area contributed by atoms with Crippen molar-refractivity contribution in [2.24, 2.45) is 15.8 Å². The van der Waals surface area contributed by atoms with Gasteiger partial charge in [-0.2, -0.15) is 5.10 Å². The molecular formula is C22H33N5O5. The van der Waals surface area contributed by atoms with Gasteiger partial charge in [-0.25, -0.2) is 5.43 Å². The monoisotopic (exact) mass is 447 g/mol. The number of nitrogens with zero attached hydrogens (tertiary/aromatic N) is 2. The molecule has 0 unspecified atom stereocenters. The van der Waals surface area contributed by atoms with E-state index in [1.165, 1.54) is 6.42 Å². The molecular weight excluding hydrogens is 414 g/mol. The van der Waals surface area contributed by atoms with Gasteiger partial charge in [0.15, 0.2) is 0 Å². The summed E-state index contributed by atoms with van der Waals surface area (Å²) in [5, 5.41) is 21.4. The lowest BCUT2D eigenvalue weighted by molar-refractivity contribution is -0.139. The molecule has 0 amide bonds. The van der Waals surface area contributed by atoms with Crippen LogP contribution in [-0.4, -0.2) is 53.0 Å². The van der Waals surface area contributed by atoms with Gasteiger partial charge in [0.1, 0.15) is 5.75 Å². The minimum absolute atomic E-state index is 0.0628. The number of hydrogen-bond acceptors (Lipinski definition) is 5. The Kier molecular flexibility index (Phi) is 12.6. The van der Waals surface area contributed by atoms with Gasteiger partial charge in [0.2, 0.25) is 5.96 Å². The first-order valence-corrected chi connectivity index (χ1v) is 10.5. The summed E-state index contributed by atoms with van der Waals surface area (Å²) in [6.45, 7) is 2.89. The van der Waals surface area contributed by atoms with Crippen molar-refractivity contribution in [3.8, 4) is 5.75 Å². The summed E-state index contributed by atoms with van der Waals surface area (Å²) in [7, 11) is 1.65. The molecule has 0 aliphatic carbocycles. The van der Waals surface area contributed by atoms with Gasteiger partial charge < -0.3 is 25.7 Å². The lowest BCUT2D eigenvalue weighted by Crippen LogP contribution is -2.27. The molecule has 0 spiro atoms. The first kappa shape index (κ1) is 26.5. The maximum atomic E-state index is 9.90. The van der Waals surface area contributed by atoms with Crippen molar-refractivity contribution < 1.29 is 24.5 Å². The minimum Gasteiger partial charge on any atom is -0.497 e. The van der Waals surface area contributed by atoms with E-state index in [-0.39, 0.29) is 12.8 Å². The molecule has 0 radical (unpaired) electrons. The maximum absolute atomic E-state index is 9.90. The van der Waals surface area contributed by atoms with Crippen LogP contribution in [0.1, 0.15) is 57.4 Å². The summed E-state index contributed by atoms with van der Waals surface area (Å²) in [5.41, 5.74) is 10.5. The van der Waals surface area contributed by atoms with E-state index < -0.39 is 11.9 Å². The van der Waals surface area contributed by atoms with E-state index in [0.29, 0.717) is 18.8 Å². The van der Waals surface area contributed by atoms with Crippen molar-refractivity contribution in [2.45, 2.75) is 51.9 Å². The Hall–Kier alpha value is -3.56. The number of aromatic amines is 1. The number of fused-ring (bicyclic) bond motifs is 1. The van der Waals surface area contributed by atoms with Gasteiger partial charge in [-0.3, -0.25) is 14.6 Å². The van der Waals surface area contributed by atoms with Crippen LogP contribution in [0.4, 0.5) is 0 Å². The van der Waals surface area contributed by atoms with E-state index in [1.54, 1.807) is 13.3 Å². The molecule has 0 fully saturated rings. The Morgan fingerprint density at radius 1 is 1.16 bits per heavy atom. The van der Waals surface area contributed by atoms with Crippen molar-refractivity contribution in [2.75, 3.05) is 13.7 Å². The molecule has 176 valence electrons. The van der Waals surface area contributed by atoms with E-state index in [9.17, 15) is 9.59 Å². The van der Waals surface area contributed by atoms with Gasteiger partial charge in [0.25, 0.3) is 0 Å². The highest BCUT2D eigenvalue weighted by Gasteiger charge is 2.03. The van der Waals surface area contributed by atoms with Crippen molar-refractivity contribution >= 4 is 35.0 Å². The van der Waals surface area contributed by atoms with Crippen LogP contribution in [0.2, 0.25) is 0 Å². The molecule has 6 N–H and O–H groups in total. The van der Waals surface area contributed by atoms with Crippen LogP contribution < -0.4 is 15.9 Å². The fraction of sp³-hybridized carbons (Fsp3) is 0.455. The number of carboxylic acid groups (broad SMARTS) is 2. The van der Waals surface area contributed by atoms with Crippen molar-refractivity contribution in [1.82, 2.24) is 10.4 Å². The number of unbranched alkanes of at least 4 members (excludes halogenated alkanes) is 3. The first-order chi connectivity index (χ1) is 15.4. The summed E-state index contributed by atoms with van der Waals surface area (Å²) in [6, 6.07) is 5.86. The molecule has 10 nitrogen and oxygen atoms in total. The third kappa shape index (κ3) is 11.0. The van der Waals surface area contributed by atoms with Crippen molar-refractivity contribution in [3.63, 3.8) is 0 Å². The van der Waals surface area contributed by atoms with E-state index in [0.717, 1.165) is 41.6 Å². The molecule has 2 rings (SSSR count). The number of aliphatic imine (C=N–C) groups is 1. The summed E-state index contributed by atoms with van der Waals surface area (Å²) >= 11 is 0. The van der Waals surface area contributed by atoms with Crippen LogP contribution in [0.25, 0.3) is 10.9 Å². The number of H-pyrrole nitrogens is 1. The predicted molar refractivity (Wildman–Crippen MR) is 125 cm³/mol. The van der Waals surface area contributed by atoms with Crippen LogP contribution in [-0.2, 0) is 9.59 Å². The quantitative estimate of drug-likeness (QED) is 0.144. The lowest BCUT2D eigenvalue weighted by atomic mass is 10.2.